The lowest BCUT2D eigenvalue weighted by Crippen LogP contribution is -2.07. The molecule has 2 heteroatoms. The monoisotopic (exact) mass is 164 g/mol. The van der Waals surface area contributed by atoms with Gasteiger partial charge in [-0.2, -0.15) is 0 Å². The summed E-state index contributed by atoms with van der Waals surface area (Å²) < 4.78 is 23.8. The van der Waals surface area contributed by atoms with E-state index in [2.05, 4.69) is 6.58 Å². The Bertz CT molecular complexity index is 82.1. The lowest BCUT2D eigenvalue weighted by atomic mass is 10.2. The first kappa shape index (κ1) is 13.2. The number of allylic oxidation sites excluding steroid dienone is 1. The van der Waals surface area contributed by atoms with Crippen molar-refractivity contribution in [2.24, 2.45) is 0 Å². The van der Waals surface area contributed by atoms with Gasteiger partial charge in [0, 0.05) is 6.42 Å². The molecule has 0 N–H and O–H groups in total. The Balaban J connectivity index is 0. The van der Waals surface area contributed by atoms with Crippen molar-refractivity contribution in [1.29, 1.82) is 0 Å². The molecular formula is C9H18F2. The summed E-state index contributed by atoms with van der Waals surface area (Å²) in [6.07, 6.45) is 3.26. The molecule has 0 nitrogen and oxygen atoms in total. The van der Waals surface area contributed by atoms with Gasteiger partial charge >= 0.3 is 0 Å². The molecule has 0 spiro atoms. The third-order valence-electron chi connectivity index (χ3n) is 0.969. The first-order valence-corrected chi connectivity index (χ1v) is 3.92. The van der Waals surface area contributed by atoms with Gasteiger partial charge in [0.1, 0.15) is 0 Å². The lowest BCUT2D eigenvalue weighted by Gasteiger charge is -2.06. The molecule has 0 aliphatic carbocycles. The zero-order valence-electron chi connectivity index (χ0n) is 7.66. The van der Waals surface area contributed by atoms with Gasteiger partial charge in [0.25, 0.3) is 0 Å². The van der Waals surface area contributed by atoms with E-state index in [1.807, 2.05) is 13.8 Å². The van der Waals surface area contributed by atoms with Crippen molar-refractivity contribution in [3.05, 3.63) is 12.7 Å². The van der Waals surface area contributed by atoms with Gasteiger partial charge in [-0.05, 0) is 20.3 Å². The van der Waals surface area contributed by atoms with Gasteiger partial charge in [0.2, 0.25) is 5.92 Å². The number of halogens is 2. The minimum Gasteiger partial charge on any atom is -0.207 e. The molecule has 0 saturated carbocycles. The van der Waals surface area contributed by atoms with Crippen LogP contribution in [0.4, 0.5) is 8.78 Å². The number of unbranched alkanes of at least 4 members (excludes halogenated alkanes) is 1. The minimum atomic E-state index is -2.45. The molecule has 0 aromatic heterocycles. The van der Waals surface area contributed by atoms with Gasteiger partial charge in [-0.15, -0.1) is 6.58 Å². The Hall–Kier alpha value is -0.400. The highest BCUT2D eigenvalue weighted by Gasteiger charge is 2.18. The largest absolute Gasteiger partial charge is 0.245 e. The molecule has 0 saturated heterocycles. The zero-order chi connectivity index (χ0) is 9.33. The molecule has 0 aliphatic heterocycles. The predicted octanol–water partition coefficient (Wildman–Crippen LogP) is 4.02. The van der Waals surface area contributed by atoms with Crippen molar-refractivity contribution < 1.29 is 8.78 Å². The molecule has 0 radical (unpaired) electrons. The third-order valence-corrected chi connectivity index (χ3v) is 0.969. The van der Waals surface area contributed by atoms with Crippen molar-refractivity contribution in [3.8, 4) is 0 Å². The second kappa shape index (κ2) is 7.70. The van der Waals surface area contributed by atoms with Crippen LogP contribution in [0.2, 0.25) is 0 Å². The van der Waals surface area contributed by atoms with Crippen LogP contribution in [0.15, 0.2) is 12.7 Å². The minimum absolute atomic E-state index is 0.0312. The summed E-state index contributed by atoms with van der Waals surface area (Å²) in [5.74, 6) is -2.45. The highest BCUT2D eigenvalue weighted by atomic mass is 19.3. The molecule has 68 valence electrons. The summed E-state index contributed by atoms with van der Waals surface area (Å²) in [4.78, 5) is 0. The molecule has 0 heterocycles. The van der Waals surface area contributed by atoms with Crippen molar-refractivity contribution in [2.45, 2.75) is 46.0 Å². The van der Waals surface area contributed by atoms with Crippen LogP contribution >= 0.6 is 0 Å². The fraction of sp³-hybridized carbons (Fsp3) is 0.778. The van der Waals surface area contributed by atoms with Gasteiger partial charge in [-0.1, -0.05) is 19.4 Å². The van der Waals surface area contributed by atoms with Crippen LogP contribution in [0.1, 0.15) is 40.0 Å². The van der Waals surface area contributed by atoms with E-state index in [9.17, 15) is 8.78 Å². The third kappa shape index (κ3) is 26.2. The Morgan fingerprint density at radius 3 is 1.91 bits per heavy atom. The van der Waals surface area contributed by atoms with Crippen LogP contribution < -0.4 is 0 Å². The SMILES string of the molecule is C=CC.CCCCC(C)(F)F. The first-order valence-electron chi connectivity index (χ1n) is 3.92. The molecule has 0 amide bonds. The quantitative estimate of drug-likeness (QED) is 0.552. The average Bonchev–Trinajstić information content (AvgIpc) is 1.84. The molecule has 0 fully saturated rings. The fourth-order valence-corrected chi connectivity index (χ4v) is 0.487. The number of hydrogen-bond acceptors (Lipinski definition) is 0. The first-order chi connectivity index (χ1) is 4.97. The molecule has 11 heavy (non-hydrogen) atoms. The molecule has 0 aromatic carbocycles. The van der Waals surface area contributed by atoms with E-state index in [0.29, 0.717) is 6.42 Å². The van der Waals surface area contributed by atoms with Gasteiger partial charge in [0.15, 0.2) is 0 Å². The van der Waals surface area contributed by atoms with Crippen LogP contribution in [-0.4, -0.2) is 5.92 Å². The van der Waals surface area contributed by atoms with Gasteiger partial charge in [-0.25, -0.2) is 8.78 Å². The molecule has 0 aliphatic rings. The number of hydrogen-bond donors (Lipinski definition) is 0. The Morgan fingerprint density at radius 2 is 1.82 bits per heavy atom. The van der Waals surface area contributed by atoms with Crippen LogP contribution in [0.3, 0.4) is 0 Å². The van der Waals surface area contributed by atoms with Crippen LogP contribution in [0, 0.1) is 0 Å². The molecular weight excluding hydrogens is 146 g/mol. The summed E-state index contributed by atoms with van der Waals surface area (Å²) >= 11 is 0. The predicted molar refractivity (Wildman–Crippen MR) is 46.0 cm³/mol. The van der Waals surface area contributed by atoms with Crippen molar-refractivity contribution in [2.75, 3.05) is 0 Å². The van der Waals surface area contributed by atoms with E-state index in [1.165, 1.54) is 0 Å². The summed E-state index contributed by atoms with van der Waals surface area (Å²) in [5.41, 5.74) is 0. The van der Waals surface area contributed by atoms with E-state index in [-0.39, 0.29) is 6.42 Å². The number of alkyl halides is 2. The molecule has 0 aromatic rings. The normalized spacial score (nSPS) is 9.91. The van der Waals surface area contributed by atoms with E-state index < -0.39 is 5.92 Å². The maximum atomic E-state index is 11.9. The number of rotatable bonds is 3. The molecule has 0 bridgehead atoms. The topological polar surface area (TPSA) is 0 Å². The highest BCUT2D eigenvalue weighted by molar-refractivity contribution is 4.55. The van der Waals surface area contributed by atoms with Crippen LogP contribution in [0.25, 0.3) is 0 Å². The average molecular weight is 164 g/mol. The Labute approximate surface area is 68.3 Å². The van der Waals surface area contributed by atoms with Crippen molar-refractivity contribution >= 4 is 0 Å². The fourth-order valence-electron chi connectivity index (χ4n) is 0.487. The molecule has 0 rings (SSSR count). The summed E-state index contributed by atoms with van der Waals surface area (Å²) in [7, 11) is 0. The summed E-state index contributed by atoms with van der Waals surface area (Å²) in [6.45, 7) is 8.12. The maximum Gasteiger partial charge on any atom is 0.245 e. The second-order valence-electron chi connectivity index (χ2n) is 2.58. The van der Waals surface area contributed by atoms with E-state index >= 15 is 0 Å². The van der Waals surface area contributed by atoms with E-state index in [1.54, 1.807) is 6.08 Å². The maximum absolute atomic E-state index is 11.9. The van der Waals surface area contributed by atoms with Crippen LogP contribution in [-0.2, 0) is 0 Å². The molecule has 0 unspecified atom stereocenters. The van der Waals surface area contributed by atoms with Crippen molar-refractivity contribution in [1.82, 2.24) is 0 Å². The van der Waals surface area contributed by atoms with Gasteiger partial charge in [0.05, 0.1) is 0 Å². The summed E-state index contributed by atoms with van der Waals surface area (Å²) in [6, 6.07) is 0. The smallest absolute Gasteiger partial charge is 0.207 e. The Morgan fingerprint density at radius 1 is 1.45 bits per heavy atom. The van der Waals surface area contributed by atoms with E-state index in [0.717, 1.165) is 13.3 Å². The zero-order valence-corrected chi connectivity index (χ0v) is 7.66. The summed E-state index contributed by atoms with van der Waals surface area (Å²) in [5, 5.41) is 0. The Kier molecular flexibility index (Phi) is 9.25. The standard InChI is InChI=1S/C6H12F2.C3H6/c1-3-4-5-6(2,7)8;1-3-2/h3-5H2,1-2H3;3H,1H2,2H3. The van der Waals surface area contributed by atoms with Gasteiger partial charge < -0.3 is 0 Å². The molecule has 0 atom stereocenters. The van der Waals surface area contributed by atoms with Gasteiger partial charge in [-0.3, -0.25) is 0 Å². The highest BCUT2D eigenvalue weighted by Crippen LogP contribution is 2.18. The van der Waals surface area contributed by atoms with Crippen molar-refractivity contribution in [3.63, 3.8) is 0 Å². The second-order valence-corrected chi connectivity index (χ2v) is 2.58. The van der Waals surface area contributed by atoms with Crippen LogP contribution in [0.5, 0.6) is 0 Å². The van der Waals surface area contributed by atoms with E-state index in [4.69, 9.17) is 0 Å². The lowest BCUT2D eigenvalue weighted by molar-refractivity contribution is 0.0108.